The molecule has 0 aromatic heterocycles. The van der Waals surface area contributed by atoms with Crippen LogP contribution in [-0.4, -0.2) is 43.8 Å². The van der Waals surface area contributed by atoms with Gasteiger partial charge in [-0.25, -0.2) is 8.42 Å². The fourth-order valence-electron chi connectivity index (χ4n) is 4.15. The van der Waals surface area contributed by atoms with Crippen molar-refractivity contribution in [3.63, 3.8) is 0 Å². The Hall–Kier alpha value is -3.07. The normalized spacial score (nSPS) is 12.9. The number of sulfonamides is 1. The summed E-state index contributed by atoms with van der Waals surface area (Å²) in [5, 5.41) is 3.58. The van der Waals surface area contributed by atoms with Crippen LogP contribution in [0.1, 0.15) is 49.4 Å². The molecule has 0 aliphatic carbocycles. The molecule has 220 valence electrons. The molecule has 0 heterocycles. The Kier molecular flexibility index (Phi) is 10.9. The number of hydrogen-bond acceptors (Lipinski definition) is 4. The minimum atomic E-state index is -4.15. The summed E-state index contributed by atoms with van der Waals surface area (Å²) >= 11 is 12.9. The van der Waals surface area contributed by atoms with Crippen molar-refractivity contribution in [2.75, 3.05) is 10.8 Å². The fraction of sp³-hybridized carbons (Fsp3) is 0.355. The standard InChI is InChI=1S/C31H37Cl2N3O4S/c1-7-23(5)34-31(38)24(6)35(18-27-28(32)9-8-10-29(27)33)30(37)19-36(25-14-13-21(3)22(4)17-25)41(39,40)26-15-11-20(2)12-16-26/h8-17,23-24H,7,18-19H2,1-6H3,(H,34,38)/t23-,24+/m0/s1. The molecule has 0 aliphatic heterocycles. The number of benzene rings is 3. The summed E-state index contributed by atoms with van der Waals surface area (Å²) in [7, 11) is -4.15. The lowest BCUT2D eigenvalue weighted by Crippen LogP contribution is -2.52. The van der Waals surface area contributed by atoms with Gasteiger partial charge in [0, 0.05) is 28.2 Å². The molecular weight excluding hydrogens is 581 g/mol. The maximum atomic E-state index is 14.1. The van der Waals surface area contributed by atoms with Crippen molar-refractivity contribution in [3.8, 4) is 0 Å². The number of aryl methyl sites for hydroxylation is 3. The number of carbonyl (C=O) groups is 2. The Bertz CT molecular complexity index is 1490. The highest BCUT2D eigenvalue weighted by Crippen LogP contribution is 2.29. The third-order valence-electron chi connectivity index (χ3n) is 7.22. The summed E-state index contributed by atoms with van der Waals surface area (Å²) in [5.41, 5.74) is 3.57. The Morgan fingerprint density at radius 2 is 1.51 bits per heavy atom. The molecule has 0 radical (unpaired) electrons. The number of nitrogens with zero attached hydrogens (tertiary/aromatic N) is 2. The summed E-state index contributed by atoms with van der Waals surface area (Å²) in [6, 6.07) is 15.6. The number of halogens is 2. The molecule has 3 aromatic carbocycles. The van der Waals surface area contributed by atoms with Crippen molar-refractivity contribution in [3.05, 3.63) is 93.0 Å². The highest BCUT2D eigenvalue weighted by Gasteiger charge is 2.33. The van der Waals surface area contributed by atoms with Crippen LogP contribution in [0.5, 0.6) is 0 Å². The van der Waals surface area contributed by atoms with Crippen LogP contribution in [0, 0.1) is 20.8 Å². The van der Waals surface area contributed by atoms with Crippen LogP contribution in [0.15, 0.2) is 65.6 Å². The van der Waals surface area contributed by atoms with Crippen LogP contribution in [-0.2, 0) is 26.2 Å². The van der Waals surface area contributed by atoms with Crippen LogP contribution in [0.4, 0.5) is 5.69 Å². The monoisotopic (exact) mass is 617 g/mol. The van der Waals surface area contributed by atoms with Gasteiger partial charge in [-0.2, -0.15) is 0 Å². The lowest BCUT2D eigenvalue weighted by atomic mass is 10.1. The summed E-state index contributed by atoms with van der Waals surface area (Å²) < 4.78 is 29.1. The Labute approximate surface area is 253 Å². The minimum absolute atomic E-state index is 0.0531. The first-order valence-corrected chi connectivity index (χ1v) is 15.6. The van der Waals surface area contributed by atoms with E-state index in [-0.39, 0.29) is 23.4 Å². The first kappa shape index (κ1) is 32.4. The molecule has 0 fully saturated rings. The van der Waals surface area contributed by atoms with E-state index in [0.717, 1.165) is 21.0 Å². The van der Waals surface area contributed by atoms with E-state index in [1.807, 2.05) is 40.7 Å². The van der Waals surface area contributed by atoms with Crippen LogP contribution in [0.25, 0.3) is 0 Å². The number of nitrogens with one attached hydrogen (secondary N) is 1. The van der Waals surface area contributed by atoms with Crippen molar-refractivity contribution < 1.29 is 18.0 Å². The zero-order valence-electron chi connectivity index (χ0n) is 24.2. The number of hydrogen-bond donors (Lipinski definition) is 1. The van der Waals surface area contributed by atoms with Crippen LogP contribution >= 0.6 is 23.2 Å². The zero-order valence-corrected chi connectivity index (χ0v) is 26.6. The van der Waals surface area contributed by atoms with Crippen LogP contribution in [0.3, 0.4) is 0 Å². The molecule has 1 N–H and O–H groups in total. The molecule has 0 saturated carbocycles. The maximum Gasteiger partial charge on any atom is 0.264 e. The van der Waals surface area contributed by atoms with Gasteiger partial charge in [0.05, 0.1) is 10.6 Å². The first-order chi connectivity index (χ1) is 19.3. The molecule has 2 amide bonds. The largest absolute Gasteiger partial charge is 0.352 e. The van der Waals surface area contributed by atoms with Gasteiger partial charge in [-0.15, -0.1) is 0 Å². The van der Waals surface area contributed by atoms with E-state index in [9.17, 15) is 18.0 Å². The second-order valence-corrected chi connectivity index (χ2v) is 13.0. The average Bonchev–Trinajstić information content (AvgIpc) is 2.92. The molecule has 0 bridgehead atoms. The molecule has 0 unspecified atom stereocenters. The zero-order chi connectivity index (χ0) is 30.5. The van der Waals surface area contributed by atoms with E-state index in [4.69, 9.17) is 23.2 Å². The number of carbonyl (C=O) groups excluding carboxylic acids is 2. The van der Waals surface area contributed by atoms with Gasteiger partial charge < -0.3 is 10.2 Å². The van der Waals surface area contributed by atoms with Gasteiger partial charge in [0.25, 0.3) is 10.0 Å². The maximum absolute atomic E-state index is 14.1. The van der Waals surface area contributed by atoms with E-state index in [2.05, 4.69) is 5.32 Å². The highest BCUT2D eigenvalue weighted by atomic mass is 35.5. The fourth-order valence-corrected chi connectivity index (χ4v) is 6.07. The predicted molar refractivity (Wildman–Crippen MR) is 166 cm³/mol. The molecular formula is C31H37Cl2N3O4S. The highest BCUT2D eigenvalue weighted by molar-refractivity contribution is 7.92. The number of anilines is 1. The summed E-state index contributed by atoms with van der Waals surface area (Å²) in [6.45, 7) is 10.5. The van der Waals surface area contributed by atoms with Gasteiger partial charge in [-0.3, -0.25) is 13.9 Å². The Balaban J connectivity index is 2.09. The minimum Gasteiger partial charge on any atom is -0.352 e. The lowest BCUT2D eigenvalue weighted by Gasteiger charge is -2.33. The van der Waals surface area contributed by atoms with Crippen LogP contribution < -0.4 is 9.62 Å². The average molecular weight is 619 g/mol. The smallest absolute Gasteiger partial charge is 0.264 e. The quantitative estimate of drug-likeness (QED) is 0.268. The van der Waals surface area contributed by atoms with Crippen molar-refractivity contribution in [2.45, 2.75) is 71.5 Å². The van der Waals surface area contributed by atoms with Gasteiger partial charge in [0.2, 0.25) is 11.8 Å². The molecule has 0 aliphatic rings. The third-order valence-corrected chi connectivity index (χ3v) is 9.72. The van der Waals surface area contributed by atoms with E-state index < -0.39 is 28.5 Å². The summed E-state index contributed by atoms with van der Waals surface area (Å²) in [6.07, 6.45) is 0.706. The summed E-state index contributed by atoms with van der Waals surface area (Å²) in [5.74, 6) is -0.947. The van der Waals surface area contributed by atoms with Gasteiger partial charge in [-0.1, -0.05) is 60.0 Å². The van der Waals surface area contributed by atoms with E-state index >= 15 is 0 Å². The second kappa shape index (κ2) is 13.7. The molecule has 2 atom stereocenters. The Morgan fingerprint density at radius 1 is 0.902 bits per heavy atom. The summed E-state index contributed by atoms with van der Waals surface area (Å²) in [4.78, 5) is 28.7. The van der Waals surface area contributed by atoms with Crippen LogP contribution in [0.2, 0.25) is 10.0 Å². The molecule has 3 aromatic rings. The topological polar surface area (TPSA) is 86.8 Å². The van der Waals surface area contributed by atoms with Crippen molar-refractivity contribution in [2.24, 2.45) is 0 Å². The van der Waals surface area contributed by atoms with Crippen molar-refractivity contribution in [1.29, 1.82) is 0 Å². The van der Waals surface area contributed by atoms with Gasteiger partial charge >= 0.3 is 0 Å². The lowest BCUT2D eigenvalue weighted by molar-refractivity contribution is -0.139. The van der Waals surface area contributed by atoms with Gasteiger partial charge in [0.1, 0.15) is 12.6 Å². The SMILES string of the molecule is CC[C@H](C)NC(=O)[C@@H](C)N(Cc1c(Cl)cccc1Cl)C(=O)CN(c1ccc(C)c(C)c1)S(=O)(=O)c1ccc(C)cc1. The second-order valence-electron chi connectivity index (χ2n) is 10.3. The van der Waals surface area contributed by atoms with E-state index in [1.165, 1.54) is 17.0 Å². The van der Waals surface area contributed by atoms with E-state index in [1.54, 1.807) is 49.4 Å². The van der Waals surface area contributed by atoms with Crippen molar-refractivity contribution in [1.82, 2.24) is 10.2 Å². The molecule has 41 heavy (non-hydrogen) atoms. The molecule has 0 spiro atoms. The number of amides is 2. The van der Waals surface area contributed by atoms with E-state index in [0.29, 0.717) is 27.7 Å². The molecule has 3 rings (SSSR count). The molecule has 0 saturated heterocycles. The first-order valence-electron chi connectivity index (χ1n) is 13.5. The Morgan fingerprint density at radius 3 is 2.07 bits per heavy atom. The van der Waals surface area contributed by atoms with Crippen molar-refractivity contribution >= 4 is 50.7 Å². The predicted octanol–water partition coefficient (Wildman–Crippen LogP) is 6.45. The van der Waals surface area contributed by atoms with Gasteiger partial charge in [-0.05, 0) is 88.6 Å². The third kappa shape index (κ3) is 7.82. The number of rotatable bonds is 11. The molecule has 10 heteroatoms. The molecule has 7 nitrogen and oxygen atoms in total. The van der Waals surface area contributed by atoms with Gasteiger partial charge in [0.15, 0.2) is 0 Å².